The third-order valence-corrected chi connectivity index (χ3v) is 3.00. The number of fused-ring (bicyclic) bond motifs is 1. The summed E-state index contributed by atoms with van der Waals surface area (Å²) >= 11 is 0. The minimum atomic E-state index is -0.559. The number of amides is 2. The summed E-state index contributed by atoms with van der Waals surface area (Å²) in [5.41, 5.74) is -0.559. The molecular weight excluding hydrogens is 220 g/mol. The lowest BCUT2D eigenvalue weighted by Crippen LogP contribution is -2.56. The lowest BCUT2D eigenvalue weighted by Gasteiger charge is -2.40. The third kappa shape index (κ3) is 1.71. The third-order valence-electron chi connectivity index (χ3n) is 3.00. The summed E-state index contributed by atoms with van der Waals surface area (Å²) in [7, 11) is 0. The van der Waals surface area contributed by atoms with Crippen molar-refractivity contribution in [2.75, 3.05) is 6.61 Å². The molecule has 0 aromatic rings. The second kappa shape index (κ2) is 3.91. The summed E-state index contributed by atoms with van der Waals surface area (Å²) in [6.07, 6.45) is 6.65. The van der Waals surface area contributed by atoms with E-state index in [1.807, 2.05) is 25.2 Å². The summed E-state index contributed by atoms with van der Waals surface area (Å²) in [6.45, 7) is 5.70. The molecule has 2 atom stereocenters. The average molecular weight is 236 g/mol. The first-order chi connectivity index (χ1) is 7.99. The molecule has 0 aliphatic carbocycles. The highest BCUT2D eigenvalue weighted by atomic mass is 16.6. The number of hydrogen-bond donors (Lipinski definition) is 0. The number of ether oxygens (including phenoxy) is 1. The maximum absolute atomic E-state index is 12.1. The van der Waals surface area contributed by atoms with E-state index in [1.54, 1.807) is 20.0 Å². The van der Waals surface area contributed by atoms with Crippen LogP contribution in [-0.4, -0.2) is 34.2 Å². The van der Waals surface area contributed by atoms with Gasteiger partial charge in [0.1, 0.15) is 5.54 Å². The van der Waals surface area contributed by atoms with Crippen molar-refractivity contribution in [1.82, 2.24) is 10.0 Å². The Hall–Kier alpha value is -1.78. The molecule has 0 spiro atoms. The second-order valence-corrected chi connectivity index (χ2v) is 4.38. The van der Waals surface area contributed by atoms with Crippen LogP contribution in [0.2, 0.25) is 0 Å². The van der Waals surface area contributed by atoms with Crippen molar-refractivity contribution in [3.8, 4) is 0 Å². The van der Waals surface area contributed by atoms with Gasteiger partial charge >= 0.3 is 6.09 Å². The van der Waals surface area contributed by atoms with E-state index in [1.165, 1.54) is 10.0 Å². The highest BCUT2D eigenvalue weighted by molar-refractivity contribution is 5.86. The van der Waals surface area contributed by atoms with Gasteiger partial charge in [0.05, 0.1) is 12.5 Å². The zero-order valence-corrected chi connectivity index (χ0v) is 10.2. The molecule has 0 aromatic heterocycles. The molecule has 0 N–H and O–H groups in total. The highest BCUT2D eigenvalue weighted by Crippen LogP contribution is 2.33. The van der Waals surface area contributed by atoms with Crippen molar-refractivity contribution in [2.45, 2.75) is 26.3 Å². The first kappa shape index (κ1) is 11.7. The Balaban J connectivity index is 2.30. The number of carbonyl (C=O) groups excluding carboxylic acids is 2. The van der Waals surface area contributed by atoms with Gasteiger partial charge in [-0.1, -0.05) is 19.1 Å². The van der Waals surface area contributed by atoms with Gasteiger partial charge in [-0.2, -0.15) is 5.01 Å². The zero-order valence-electron chi connectivity index (χ0n) is 10.2. The standard InChI is InChI=1S/C12H16N2O3/c1-4-17-11(16)13-8-7-12(3)6-5-9(2)10(15)14(12)13/h5-9H,4H2,1-3H3/t9-,12+/m1/s1. The molecule has 2 heterocycles. The van der Waals surface area contributed by atoms with Gasteiger partial charge in [-0.15, -0.1) is 0 Å². The predicted octanol–water partition coefficient (Wildman–Crippen LogP) is 1.68. The minimum Gasteiger partial charge on any atom is -0.448 e. The van der Waals surface area contributed by atoms with Crippen molar-refractivity contribution < 1.29 is 14.3 Å². The molecule has 0 bridgehead atoms. The molecule has 0 saturated carbocycles. The van der Waals surface area contributed by atoms with E-state index in [9.17, 15) is 9.59 Å². The van der Waals surface area contributed by atoms with E-state index in [2.05, 4.69) is 0 Å². The molecule has 0 unspecified atom stereocenters. The van der Waals surface area contributed by atoms with Gasteiger partial charge in [-0.25, -0.2) is 9.80 Å². The van der Waals surface area contributed by atoms with Crippen LogP contribution in [0.4, 0.5) is 4.79 Å². The molecule has 17 heavy (non-hydrogen) atoms. The molecule has 5 nitrogen and oxygen atoms in total. The van der Waals surface area contributed by atoms with Crippen LogP contribution in [0, 0.1) is 5.92 Å². The maximum atomic E-state index is 12.1. The predicted molar refractivity (Wildman–Crippen MR) is 61.6 cm³/mol. The van der Waals surface area contributed by atoms with Crippen molar-refractivity contribution in [1.29, 1.82) is 0 Å². The topological polar surface area (TPSA) is 49.9 Å². The van der Waals surface area contributed by atoms with Gasteiger partial charge in [0, 0.05) is 6.20 Å². The summed E-state index contributed by atoms with van der Waals surface area (Å²) in [6, 6.07) is 0. The molecule has 0 aromatic carbocycles. The molecule has 5 heteroatoms. The minimum absolute atomic E-state index is 0.104. The molecule has 2 aliphatic heterocycles. The van der Waals surface area contributed by atoms with Crippen LogP contribution in [0.25, 0.3) is 0 Å². The SMILES string of the molecule is CCOC(=O)N1C=C[C@]2(C)C=C[C@@H](C)C(=O)N12. The number of nitrogens with zero attached hydrogens (tertiary/aromatic N) is 2. The van der Waals surface area contributed by atoms with Crippen molar-refractivity contribution in [3.05, 3.63) is 24.4 Å². The first-order valence-corrected chi connectivity index (χ1v) is 5.68. The Labute approximate surface area is 100 Å². The van der Waals surface area contributed by atoms with Crippen molar-refractivity contribution in [2.24, 2.45) is 5.92 Å². The fraction of sp³-hybridized carbons (Fsp3) is 0.500. The lowest BCUT2D eigenvalue weighted by atomic mass is 9.93. The first-order valence-electron chi connectivity index (χ1n) is 5.68. The van der Waals surface area contributed by atoms with Gasteiger partial charge in [-0.3, -0.25) is 4.79 Å². The summed E-state index contributed by atoms with van der Waals surface area (Å²) < 4.78 is 4.92. The summed E-state index contributed by atoms with van der Waals surface area (Å²) in [4.78, 5) is 23.8. The zero-order chi connectivity index (χ0) is 12.6. The van der Waals surface area contributed by atoms with E-state index in [0.717, 1.165) is 0 Å². The number of carbonyl (C=O) groups is 2. The van der Waals surface area contributed by atoms with E-state index < -0.39 is 11.6 Å². The average Bonchev–Trinajstić information content (AvgIpc) is 2.63. The molecule has 2 rings (SSSR count). The Morgan fingerprint density at radius 3 is 2.88 bits per heavy atom. The van der Waals surface area contributed by atoms with E-state index in [-0.39, 0.29) is 18.4 Å². The maximum Gasteiger partial charge on any atom is 0.433 e. The molecule has 2 aliphatic rings. The van der Waals surface area contributed by atoms with Crippen LogP contribution in [0.1, 0.15) is 20.8 Å². The number of rotatable bonds is 1. The van der Waals surface area contributed by atoms with Crippen LogP contribution in [0.3, 0.4) is 0 Å². The molecule has 0 saturated heterocycles. The Morgan fingerprint density at radius 1 is 1.53 bits per heavy atom. The molecule has 0 radical (unpaired) electrons. The normalized spacial score (nSPS) is 30.8. The van der Waals surface area contributed by atoms with Gasteiger partial charge in [-0.05, 0) is 19.9 Å². The largest absolute Gasteiger partial charge is 0.448 e. The van der Waals surface area contributed by atoms with Crippen molar-refractivity contribution in [3.63, 3.8) is 0 Å². The van der Waals surface area contributed by atoms with E-state index >= 15 is 0 Å². The van der Waals surface area contributed by atoms with Crippen LogP contribution in [0.5, 0.6) is 0 Å². The Bertz CT molecular complexity index is 416. The number of hydrazine groups is 1. The highest BCUT2D eigenvalue weighted by Gasteiger charge is 2.45. The quantitative estimate of drug-likeness (QED) is 0.651. The van der Waals surface area contributed by atoms with Crippen LogP contribution in [-0.2, 0) is 9.53 Å². The second-order valence-electron chi connectivity index (χ2n) is 4.38. The lowest BCUT2D eigenvalue weighted by molar-refractivity contribution is -0.150. The molecule has 2 amide bonds. The Kier molecular flexibility index (Phi) is 2.69. The van der Waals surface area contributed by atoms with E-state index in [4.69, 9.17) is 4.74 Å². The molecular formula is C12H16N2O3. The van der Waals surface area contributed by atoms with Crippen LogP contribution < -0.4 is 0 Å². The smallest absolute Gasteiger partial charge is 0.433 e. The fourth-order valence-electron chi connectivity index (χ4n) is 2.01. The molecule has 0 fully saturated rings. The Morgan fingerprint density at radius 2 is 2.24 bits per heavy atom. The van der Waals surface area contributed by atoms with Crippen LogP contribution in [0.15, 0.2) is 24.4 Å². The molecule has 92 valence electrons. The van der Waals surface area contributed by atoms with Gasteiger partial charge in [0.2, 0.25) is 5.91 Å². The summed E-state index contributed by atoms with van der Waals surface area (Å²) in [5.74, 6) is -0.326. The van der Waals surface area contributed by atoms with Gasteiger partial charge in [0.25, 0.3) is 0 Å². The van der Waals surface area contributed by atoms with Crippen LogP contribution >= 0.6 is 0 Å². The van der Waals surface area contributed by atoms with E-state index in [0.29, 0.717) is 0 Å². The van der Waals surface area contributed by atoms with Gasteiger partial charge in [0.15, 0.2) is 0 Å². The fourth-order valence-corrected chi connectivity index (χ4v) is 2.01. The van der Waals surface area contributed by atoms with Crippen molar-refractivity contribution >= 4 is 12.0 Å². The number of hydrogen-bond acceptors (Lipinski definition) is 3. The van der Waals surface area contributed by atoms with Gasteiger partial charge < -0.3 is 4.74 Å². The summed E-state index contributed by atoms with van der Waals surface area (Å²) in [5, 5.41) is 2.68. The monoisotopic (exact) mass is 236 g/mol.